The number of hydrogen-bond donors (Lipinski definition) is 2. The van der Waals surface area contributed by atoms with Crippen LogP contribution >= 0.6 is 0 Å². The van der Waals surface area contributed by atoms with Crippen molar-refractivity contribution in [2.24, 2.45) is 11.7 Å². The van der Waals surface area contributed by atoms with Gasteiger partial charge in [-0.1, -0.05) is 32.4 Å². The Balaban J connectivity index is 2.89. The van der Waals surface area contributed by atoms with E-state index in [-0.39, 0.29) is 12.0 Å². The normalized spacial score (nSPS) is 16.4. The van der Waals surface area contributed by atoms with Crippen molar-refractivity contribution in [1.82, 2.24) is 0 Å². The summed E-state index contributed by atoms with van der Waals surface area (Å²) < 4.78 is 5.21. The van der Waals surface area contributed by atoms with Crippen LogP contribution in [0.3, 0.4) is 0 Å². The number of aliphatic hydroxyl groups excluding tert-OH is 1. The van der Waals surface area contributed by atoms with E-state index in [0.29, 0.717) is 0 Å². The van der Waals surface area contributed by atoms with Crippen molar-refractivity contribution in [2.45, 2.75) is 39.3 Å². The van der Waals surface area contributed by atoms with Gasteiger partial charge in [0.25, 0.3) is 0 Å². The molecule has 0 saturated carbocycles. The Hall–Kier alpha value is -1.06. The number of methoxy groups -OCH3 is 1. The van der Waals surface area contributed by atoms with Crippen LogP contribution in [-0.2, 0) is 0 Å². The Bertz CT molecular complexity index is 365. The fourth-order valence-corrected chi connectivity index (χ4v) is 1.90. The van der Waals surface area contributed by atoms with Crippen molar-refractivity contribution in [3.05, 3.63) is 29.3 Å². The zero-order chi connectivity index (χ0) is 13.0. The van der Waals surface area contributed by atoms with Gasteiger partial charge in [0.1, 0.15) is 5.75 Å². The third-order valence-corrected chi connectivity index (χ3v) is 3.40. The van der Waals surface area contributed by atoms with Crippen LogP contribution in [0, 0.1) is 12.8 Å². The highest BCUT2D eigenvalue weighted by Crippen LogP contribution is 2.26. The summed E-state index contributed by atoms with van der Waals surface area (Å²) in [6.07, 6.45) is 0.414. The Morgan fingerprint density at radius 3 is 2.53 bits per heavy atom. The summed E-state index contributed by atoms with van der Waals surface area (Å²) in [5.74, 6) is 1.05. The molecule has 0 heterocycles. The molecule has 17 heavy (non-hydrogen) atoms. The maximum Gasteiger partial charge on any atom is 0.121 e. The molecule has 0 aliphatic rings. The second kappa shape index (κ2) is 6.03. The lowest BCUT2D eigenvalue weighted by atomic mass is 9.91. The zero-order valence-electron chi connectivity index (χ0n) is 11.1. The smallest absolute Gasteiger partial charge is 0.121 e. The second-order valence-electron chi connectivity index (χ2n) is 4.63. The molecule has 1 rings (SSSR count). The lowest BCUT2D eigenvalue weighted by Crippen LogP contribution is -2.31. The fourth-order valence-electron chi connectivity index (χ4n) is 1.90. The molecule has 0 fully saturated rings. The molecule has 0 aliphatic carbocycles. The second-order valence-corrected chi connectivity index (χ2v) is 4.63. The highest BCUT2D eigenvalue weighted by atomic mass is 16.5. The molecule has 0 amide bonds. The zero-order valence-corrected chi connectivity index (χ0v) is 11.1. The molecule has 0 saturated heterocycles. The summed E-state index contributed by atoms with van der Waals surface area (Å²) >= 11 is 0. The third kappa shape index (κ3) is 3.20. The van der Waals surface area contributed by atoms with Crippen molar-refractivity contribution >= 4 is 0 Å². The predicted octanol–water partition coefficient (Wildman–Crippen LogP) is 2.41. The quantitative estimate of drug-likeness (QED) is 0.827. The van der Waals surface area contributed by atoms with E-state index in [2.05, 4.69) is 6.92 Å². The van der Waals surface area contributed by atoms with Crippen LogP contribution in [0.15, 0.2) is 18.2 Å². The molecule has 1 aromatic carbocycles. The fraction of sp³-hybridized carbons (Fsp3) is 0.571. The Morgan fingerprint density at radius 2 is 2.06 bits per heavy atom. The largest absolute Gasteiger partial charge is 0.496 e. The summed E-state index contributed by atoms with van der Waals surface area (Å²) in [5.41, 5.74) is 8.08. The first-order valence-corrected chi connectivity index (χ1v) is 6.09. The van der Waals surface area contributed by atoms with Crippen LogP contribution in [0.4, 0.5) is 0 Å². The number of nitrogens with two attached hydrogens (primary N) is 1. The van der Waals surface area contributed by atoms with E-state index < -0.39 is 6.10 Å². The van der Waals surface area contributed by atoms with Crippen LogP contribution in [0.2, 0.25) is 0 Å². The highest BCUT2D eigenvalue weighted by molar-refractivity contribution is 5.37. The van der Waals surface area contributed by atoms with Gasteiger partial charge in [-0.05, 0) is 30.0 Å². The van der Waals surface area contributed by atoms with Gasteiger partial charge in [-0.25, -0.2) is 0 Å². The average Bonchev–Trinajstić information content (AvgIpc) is 2.35. The first-order chi connectivity index (χ1) is 8.01. The van der Waals surface area contributed by atoms with E-state index >= 15 is 0 Å². The lowest BCUT2D eigenvalue weighted by molar-refractivity contribution is 0.0879. The monoisotopic (exact) mass is 237 g/mol. The van der Waals surface area contributed by atoms with E-state index in [0.717, 1.165) is 23.3 Å². The number of aliphatic hydroxyl groups is 1. The number of hydrogen-bond acceptors (Lipinski definition) is 3. The summed E-state index contributed by atoms with van der Waals surface area (Å²) in [6, 6.07) is 5.46. The van der Waals surface area contributed by atoms with E-state index in [9.17, 15) is 5.11 Å². The van der Waals surface area contributed by atoms with Crippen LogP contribution < -0.4 is 10.5 Å². The maximum absolute atomic E-state index is 10.1. The van der Waals surface area contributed by atoms with Gasteiger partial charge in [0.15, 0.2) is 0 Å². The van der Waals surface area contributed by atoms with E-state index in [1.165, 1.54) is 0 Å². The Kier molecular flexibility index (Phi) is 4.97. The van der Waals surface area contributed by atoms with E-state index in [1.54, 1.807) is 7.11 Å². The molecule has 0 aromatic heterocycles. The molecule has 0 bridgehead atoms. The molecule has 0 spiro atoms. The van der Waals surface area contributed by atoms with Gasteiger partial charge in [-0.3, -0.25) is 0 Å². The maximum atomic E-state index is 10.1. The molecule has 0 aliphatic heterocycles. The first-order valence-electron chi connectivity index (χ1n) is 6.09. The number of aryl methyl sites for hydroxylation is 1. The van der Waals surface area contributed by atoms with Gasteiger partial charge in [-0.2, -0.15) is 0 Å². The molecule has 3 N–H and O–H groups in total. The standard InChI is InChI=1S/C14H23NO2/c1-5-9(2)14(16)13(15)11-6-7-12(17-4)10(3)8-11/h6-9,13-14,16H,5,15H2,1-4H3/t9?,13-,14+/m0/s1. The van der Waals surface area contributed by atoms with Gasteiger partial charge < -0.3 is 15.6 Å². The SMILES string of the molecule is CCC(C)[C@@H](O)[C@@H](N)c1ccc(OC)c(C)c1. The number of rotatable bonds is 5. The first kappa shape index (κ1) is 14.0. The number of ether oxygens (including phenoxy) is 1. The summed E-state index contributed by atoms with van der Waals surface area (Å²) in [5, 5.41) is 10.1. The Morgan fingerprint density at radius 1 is 1.41 bits per heavy atom. The molecular formula is C14H23NO2. The predicted molar refractivity (Wildman–Crippen MR) is 70.1 cm³/mol. The molecule has 0 radical (unpaired) electrons. The molecule has 96 valence electrons. The van der Waals surface area contributed by atoms with Crippen molar-refractivity contribution in [3.63, 3.8) is 0 Å². The van der Waals surface area contributed by atoms with Crippen molar-refractivity contribution in [3.8, 4) is 5.75 Å². The minimum Gasteiger partial charge on any atom is -0.496 e. The molecule has 3 heteroatoms. The van der Waals surface area contributed by atoms with Crippen LogP contribution in [-0.4, -0.2) is 18.3 Å². The highest BCUT2D eigenvalue weighted by Gasteiger charge is 2.22. The van der Waals surface area contributed by atoms with E-state index in [4.69, 9.17) is 10.5 Å². The van der Waals surface area contributed by atoms with Gasteiger partial charge in [0.05, 0.1) is 19.3 Å². The van der Waals surface area contributed by atoms with Crippen molar-refractivity contribution in [1.29, 1.82) is 0 Å². The van der Waals surface area contributed by atoms with Gasteiger partial charge in [-0.15, -0.1) is 0 Å². The van der Waals surface area contributed by atoms with E-state index in [1.807, 2.05) is 32.0 Å². The van der Waals surface area contributed by atoms with Gasteiger partial charge >= 0.3 is 0 Å². The van der Waals surface area contributed by atoms with Crippen LogP contribution in [0.5, 0.6) is 5.75 Å². The molecular weight excluding hydrogens is 214 g/mol. The van der Waals surface area contributed by atoms with Crippen LogP contribution in [0.1, 0.15) is 37.4 Å². The molecule has 1 aromatic rings. The lowest BCUT2D eigenvalue weighted by Gasteiger charge is -2.24. The third-order valence-electron chi connectivity index (χ3n) is 3.40. The summed E-state index contributed by atoms with van der Waals surface area (Å²) in [6.45, 7) is 6.05. The number of benzene rings is 1. The molecule has 3 atom stereocenters. The minimum absolute atomic E-state index is 0.201. The summed E-state index contributed by atoms with van der Waals surface area (Å²) in [7, 11) is 1.65. The minimum atomic E-state index is -0.507. The molecule has 3 nitrogen and oxygen atoms in total. The summed E-state index contributed by atoms with van der Waals surface area (Å²) in [4.78, 5) is 0. The topological polar surface area (TPSA) is 55.5 Å². The van der Waals surface area contributed by atoms with Gasteiger partial charge in [0, 0.05) is 0 Å². The van der Waals surface area contributed by atoms with Gasteiger partial charge in [0.2, 0.25) is 0 Å². The van der Waals surface area contributed by atoms with Crippen LogP contribution in [0.25, 0.3) is 0 Å². The average molecular weight is 237 g/mol. The van der Waals surface area contributed by atoms with Crippen molar-refractivity contribution < 1.29 is 9.84 Å². The van der Waals surface area contributed by atoms with Crippen molar-refractivity contribution in [2.75, 3.05) is 7.11 Å². The Labute approximate surface area is 104 Å². The molecule has 1 unspecified atom stereocenters.